The highest BCUT2D eigenvalue weighted by Crippen LogP contribution is 2.17. The van der Waals surface area contributed by atoms with Gasteiger partial charge in [0, 0.05) is 36.0 Å². The second kappa shape index (κ2) is 7.79. The third-order valence-electron chi connectivity index (χ3n) is 2.49. The van der Waals surface area contributed by atoms with E-state index in [-0.39, 0.29) is 13.2 Å². The molecule has 0 aliphatic carbocycles. The molecule has 1 aromatic heterocycles. The molecule has 17 heavy (non-hydrogen) atoms. The number of aryl methyl sites for hydroxylation is 1. The van der Waals surface area contributed by atoms with Crippen molar-refractivity contribution in [3.8, 4) is 0 Å². The molecule has 0 spiro atoms. The van der Waals surface area contributed by atoms with Crippen LogP contribution in [-0.2, 0) is 6.54 Å². The van der Waals surface area contributed by atoms with Crippen LogP contribution in [0.3, 0.4) is 0 Å². The van der Waals surface area contributed by atoms with Crippen LogP contribution in [0.15, 0.2) is 12.1 Å². The van der Waals surface area contributed by atoms with E-state index >= 15 is 0 Å². The summed E-state index contributed by atoms with van der Waals surface area (Å²) in [5, 5.41) is 27.2. The van der Waals surface area contributed by atoms with Gasteiger partial charge in [0.15, 0.2) is 0 Å². The number of thiophene rings is 1. The minimum atomic E-state index is -0.713. The molecule has 4 nitrogen and oxygen atoms in total. The number of aliphatic hydroxyl groups is 3. The van der Waals surface area contributed by atoms with Crippen LogP contribution < -0.4 is 0 Å². The van der Waals surface area contributed by atoms with E-state index in [2.05, 4.69) is 24.0 Å². The van der Waals surface area contributed by atoms with Crippen molar-refractivity contribution >= 4 is 11.3 Å². The molecule has 0 bridgehead atoms. The molecule has 0 aliphatic rings. The summed E-state index contributed by atoms with van der Waals surface area (Å²) in [4.78, 5) is 4.57. The van der Waals surface area contributed by atoms with Crippen molar-refractivity contribution in [3.63, 3.8) is 0 Å². The number of nitrogens with zero attached hydrogens (tertiary/aromatic N) is 1. The van der Waals surface area contributed by atoms with E-state index in [4.69, 9.17) is 10.2 Å². The maximum absolute atomic E-state index is 9.46. The Hall–Kier alpha value is -0.460. The lowest BCUT2D eigenvalue weighted by atomic mass is 10.3. The number of hydrogen-bond acceptors (Lipinski definition) is 5. The fraction of sp³-hybridized carbons (Fsp3) is 0.667. The summed E-state index contributed by atoms with van der Waals surface area (Å²) in [5.41, 5.74) is 0. The van der Waals surface area contributed by atoms with Crippen molar-refractivity contribution in [1.82, 2.24) is 4.90 Å². The van der Waals surface area contributed by atoms with Gasteiger partial charge in [-0.3, -0.25) is 4.90 Å². The highest BCUT2D eigenvalue weighted by atomic mass is 32.1. The van der Waals surface area contributed by atoms with E-state index in [0.717, 1.165) is 13.1 Å². The average Bonchev–Trinajstić information content (AvgIpc) is 2.71. The van der Waals surface area contributed by atoms with Gasteiger partial charge in [0.25, 0.3) is 0 Å². The lowest BCUT2D eigenvalue weighted by Gasteiger charge is -2.23. The van der Waals surface area contributed by atoms with Crippen LogP contribution >= 0.6 is 11.3 Å². The van der Waals surface area contributed by atoms with Crippen molar-refractivity contribution in [2.24, 2.45) is 0 Å². The molecule has 0 fully saturated rings. The maximum Gasteiger partial charge on any atom is 0.0897 e. The molecule has 1 heterocycles. The van der Waals surface area contributed by atoms with E-state index in [0.29, 0.717) is 13.0 Å². The van der Waals surface area contributed by atoms with Gasteiger partial charge in [0.05, 0.1) is 12.7 Å². The normalized spacial score (nSPS) is 13.2. The van der Waals surface area contributed by atoms with Crippen LogP contribution in [0, 0.1) is 6.92 Å². The van der Waals surface area contributed by atoms with E-state index < -0.39 is 6.10 Å². The van der Waals surface area contributed by atoms with Gasteiger partial charge in [0.2, 0.25) is 0 Å². The molecule has 1 unspecified atom stereocenters. The van der Waals surface area contributed by atoms with Crippen LogP contribution in [0.4, 0.5) is 0 Å². The van der Waals surface area contributed by atoms with Gasteiger partial charge in [-0.15, -0.1) is 11.3 Å². The first-order valence-corrected chi connectivity index (χ1v) is 6.64. The highest BCUT2D eigenvalue weighted by molar-refractivity contribution is 7.11. The Morgan fingerprint density at radius 2 is 2.12 bits per heavy atom. The minimum Gasteiger partial charge on any atom is -0.396 e. The molecule has 3 N–H and O–H groups in total. The molecule has 98 valence electrons. The Bertz CT molecular complexity index is 316. The molecule has 5 heteroatoms. The Labute approximate surface area is 106 Å². The molecular weight excluding hydrogens is 238 g/mol. The van der Waals surface area contributed by atoms with Gasteiger partial charge in [0.1, 0.15) is 0 Å². The second-order valence-electron chi connectivity index (χ2n) is 4.16. The van der Waals surface area contributed by atoms with E-state index in [9.17, 15) is 5.11 Å². The summed E-state index contributed by atoms with van der Waals surface area (Å²) < 4.78 is 0. The minimum absolute atomic E-state index is 0.148. The predicted octanol–water partition coefficient (Wildman–Crippen LogP) is 0.594. The first kappa shape index (κ1) is 14.6. The van der Waals surface area contributed by atoms with E-state index in [1.54, 1.807) is 11.3 Å². The third kappa shape index (κ3) is 5.61. The quantitative estimate of drug-likeness (QED) is 0.639. The summed E-state index contributed by atoms with van der Waals surface area (Å²) in [5.74, 6) is 0. The monoisotopic (exact) mass is 259 g/mol. The Morgan fingerprint density at radius 1 is 1.35 bits per heavy atom. The topological polar surface area (TPSA) is 63.9 Å². The number of hydrogen-bond donors (Lipinski definition) is 3. The molecule has 1 atom stereocenters. The standard InChI is InChI=1S/C12H21NO3S/c1-10-3-4-12(17-10)8-13(5-2-6-14)7-11(16)9-15/h3-4,11,14-16H,2,5-9H2,1H3. The van der Waals surface area contributed by atoms with Gasteiger partial charge in [-0.2, -0.15) is 0 Å². The van der Waals surface area contributed by atoms with Gasteiger partial charge >= 0.3 is 0 Å². The van der Waals surface area contributed by atoms with Gasteiger partial charge in [-0.25, -0.2) is 0 Å². The number of aliphatic hydroxyl groups excluding tert-OH is 3. The van der Waals surface area contributed by atoms with E-state index in [1.807, 2.05) is 0 Å². The molecule has 1 rings (SSSR count). The zero-order valence-electron chi connectivity index (χ0n) is 10.2. The lowest BCUT2D eigenvalue weighted by molar-refractivity contribution is 0.0550. The summed E-state index contributed by atoms with van der Waals surface area (Å²) in [6.07, 6.45) is -0.0302. The highest BCUT2D eigenvalue weighted by Gasteiger charge is 2.12. The third-order valence-corrected chi connectivity index (χ3v) is 3.47. The summed E-state index contributed by atoms with van der Waals surface area (Å²) in [6, 6.07) is 4.16. The van der Waals surface area contributed by atoms with Gasteiger partial charge < -0.3 is 15.3 Å². The fourth-order valence-corrected chi connectivity index (χ4v) is 2.61. The number of rotatable bonds is 8. The first-order valence-electron chi connectivity index (χ1n) is 5.83. The molecule has 0 radical (unpaired) electrons. The molecule has 0 aliphatic heterocycles. The fourth-order valence-electron chi connectivity index (χ4n) is 1.68. The zero-order chi connectivity index (χ0) is 12.7. The van der Waals surface area contributed by atoms with Crippen LogP contribution in [0.1, 0.15) is 16.2 Å². The van der Waals surface area contributed by atoms with Crippen LogP contribution in [0.2, 0.25) is 0 Å². The van der Waals surface area contributed by atoms with Crippen molar-refractivity contribution in [1.29, 1.82) is 0 Å². The van der Waals surface area contributed by atoms with Crippen LogP contribution in [-0.4, -0.2) is 52.6 Å². The van der Waals surface area contributed by atoms with Crippen molar-refractivity contribution < 1.29 is 15.3 Å². The van der Waals surface area contributed by atoms with Gasteiger partial charge in [-0.05, 0) is 25.5 Å². The Balaban J connectivity index is 2.50. The second-order valence-corrected chi connectivity index (χ2v) is 5.53. The molecule has 0 amide bonds. The van der Waals surface area contributed by atoms with Crippen LogP contribution in [0.25, 0.3) is 0 Å². The van der Waals surface area contributed by atoms with Crippen molar-refractivity contribution in [3.05, 3.63) is 21.9 Å². The first-order chi connectivity index (χ1) is 8.15. The average molecular weight is 259 g/mol. The van der Waals surface area contributed by atoms with Crippen molar-refractivity contribution in [2.75, 3.05) is 26.3 Å². The zero-order valence-corrected chi connectivity index (χ0v) is 11.0. The molecule has 0 saturated heterocycles. The molecule has 0 saturated carbocycles. The van der Waals surface area contributed by atoms with Crippen molar-refractivity contribution in [2.45, 2.75) is 26.0 Å². The summed E-state index contributed by atoms with van der Waals surface area (Å²) in [7, 11) is 0. The SMILES string of the molecule is Cc1ccc(CN(CCCO)CC(O)CO)s1. The molecular formula is C12H21NO3S. The summed E-state index contributed by atoms with van der Waals surface area (Å²) >= 11 is 1.74. The van der Waals surface area contributed by atoms with Gasteiger partial charge in [-0.1, -0.05) is 0 Å². The maximum atomic E-state index is 9.46. The largest absolute Gasteiger partial charge is 0.396 e. The predicted molar refractivity (Wildman–Crippen MR) is 69.1 cm³/mol. The smallest absolute Gasteiger partial charge is 0.0897 e. The molecule has 0 aromatic carbocycles. The Kier molecular flexibility index (Phi) is 6.69. The Morgan fingerprint density at radius 3 is 2.65 bits per heavy atom. The summed E-state index contributed by atoms with van der Waals surface area (Å²) in [6.45, 7) is 3.91. The van der Waals surface area contributed by atoms with E-state index in [1.165, 1.54) is 9.75 Å². The van der Waals surface area contributed by atoms with Crippen LogP contribution in [0.5, 0.6) is 0 Å². The lowest BCUT2D eigenvalue weighted by Crippen LogP contribution is -2.34. The molecule has 1 aromatic rings.